The third-order valence-electron chi connectivity index (χ3n) is 3.57. The largest absolute Gasteiger partial charge is 0.481 e. The van der Waals surface area contributed by atoms with Gasteiger partial charge in [0, 0.05) is 25.2 Å². The number of carbonyl (C=O) groups is 2. The van der Waals surface area contributed by atoms with E-state index in [-0.39, 0.29) is 18.4 Å². The van der Waals surface area contributed by atoms with Gasteiger partial charge in [-0.05, 0) is 37.1 Å². The van der Waals surface area contributed by atoms with Crippen molar-refractivity contribution in [1.82, 2.24) is 4.90 Å². The van der Waals surface area contributed by atoms with E-state index >= 15 is 0 Å². The van der Waals surface area contributed by atoms with E-state index in [9.17, 15) is 9.59 Å². The van der Waals surface area contributed by atoms with Crippen LogP contribution in [0.2, 0.25) is 0 Å². The highest BCUT2D eigenvalue weighted by Crippen LogP contribution is 2.23. The summed E-state index contributed by atoms with van der Waals surface area (Å²) in [5, 5.41) is 11.6. The first kappa shape index (κ1) is 14.5. The first-order chi connectivity index (χ1) is 9.54. The van der Waals surface area contributed by atoms with Crippen molar-refractivity contribution in [1.29, 1.82) is 0 Å². The lowest BCUT2D eigenvalue weighted by Gasteiger charge is -2.23. The molecular formula is C15H20N2O3. The molecule has 5 heteroatoms. The van der Waals surface area contributed by atoms with Crippen LogP contribution in [0.1, 0.15) is 31.7 Å². The highest BCUT2D eigenvalue weighted by atomic mass is 16.4. The SMILES string of the molecule is CC(=O)Nc1ccc(CN2CCCC2CC(=O)O)cc1. The highest BCUT2D eigenvalue weighted by molar-refractivity contribution is 5.88. The van der Waals surface area contributed by atoms with E-state index < -0.39 is 5.97 Å². The minimum Gasteiger partial charge on any atom is -0.481 e. The average Bonchev–Trinajstić information content (AvgIpc) is 2.78. The number of benzene rings is 1. The van der Waals surface area contributed by atoms with Crippen LogP contribution >= 0.6 is 0 Å². The Morgan fingerprint density at radius 3 is 2.65 bits per heavy atom. The van der Waals surface area contributed by atoms with Crippen molar-refractivity contribution in [3.8, 4) is 0 Å². The lowest BCUT2D eigenvalue weighted by Crippen LogP contribution is -2.30. The van der Waals surface area contributed by atoms with Crippen molar-refractivity contribution >= 4 is 17.6 Å². The zero-order valence-electron chi connectivity index (χ0n) is 11.6. The molecule has 1 aromatic carbocycles. The number of amides is 1. The number of carboxylic acids is 1. The molecule has 20 heavy (non-hydrogen) atoms. The van der Waals surface area contributed by atoms with E-state index in [0.29, 0.717) is 0 Å². The molecule has 1 amide bonds. The van der Waals surface area contributed by atoms with Crippen molar-refractivity contribution in [3.63, 3.8) is 0 Å². The zero-order valence-corrected chi connectivity index (χ0v) is 11.6. The molecule has 0 aliphatic carbocycles. The zero-order chi connectivity index (χ0) is 14.5. The number of nitrogens with one attached hydrogen (secondary N) is 1. The Morgan fingerprint density at radius 2 is 2.05 bits per heavy atom. The summed E-state index contributed by atoms with van der Waals surface area (Å²) >= 11 is 0. The molecule has 0 spiro atoms. The van der Waals surface area contributed by atoms with Crippen LogP contribution in [-0.4, -0.2) is 34.5 Å². The van der Waals surface area contributed by atoms with Crippen molar-refractivity contribution in [2.24, 2.45) is 0 Å². The Bertz CT molecular complexity index is 484. The van der Waals surface area contributed by atoms with Gasteiger partial charge in [0.25, 0.3) is 0 Å². The van der Waals surface area contributed by atoms with Gasteiger partial charge in [0.15, 0.2) is 0 Å². The normalized spacial score (nSPS) is 18.9. The number of rotatable bonds is 5. The number of carboxylic acid groups (broad SMARTS) is 1. The van der Waals surface area contributed by atoms with E-state index in [2.05, 4.69) is 10.2 Å². The number of aliphatic carboxylic acids is 1. The van der Waals surface area contributed by atoms with E-state index in [1.165, 1.54) is 6.92 Å². The first-order valence-electron chi connectivity index (χ1n) is 6.87. The number of carbonyl (C=O) groups excluding carboxylic acids is 1. The summed E-state index contributed by atoms with van der Waals surface area (Å²) in [6, 6.07) is 7.84. The molecule has 108 valence electrons. The fourth-order valence-corrected chi connectivity index (χ4v) is 2.67. The van der Waals surface area contributed by atoms with Gasteiger partial charge in [-0.1, -0.05) is 12.1 Å². The van der Waals surface area contributed by atoms with Gasteiger partial charge in [0.1, 0.15) is 0 Å². The fraction of sp³-hybridized carbons (Fsp3) is 0.467. The maximum Gasteiger partial charge on any atom is 0.304 e. The van der Waals surface area contributed by atoms with Gasteiger partial charge in [-0.3, -0.25) is 14.5 Å². The van der Waals surface area contributed by atoms with Crippen LogP contribution in [0, 0.1) is 0 Å². The second kappa shape index (κ2) is 6.52. The summed E-state index contributed by atoms with van der Waals surface area (Å²) < 4.78 is 0. The molecule has 0 radical (unpaired) electrons. The predicted octanol–water partition coefficient (Wildman–Crippen LogP) is 2.08. The number of anilines is 1. The molecule has 1 fully saturated rings. The molecule has 1 aliphatic heterocycles. The maximum atomic E-state index is 10.9. The first-order valence-corrected chi connectivity index (χ1v) is 6.87. The van der Waals surface area contributed by atoms with Gasteiger partial charge < -0.3 is 10.4 Å². The Labute approximate surface area is 118 Å². The third-order valence-corrected chi connectivity index (χ3v) is 3.57. The number of likely N-dealkylation sites (tertiary alicyclic amines) is 1. The molecule has 1 atom stereocenters. The lowest BCUT2D eigenvalue weighted by molar-refractivity contribution is -0.138. The Kier molecular flexibility index (Phi) is 4.74. The summed E-state index contributed by atoms with van der Waals surface area (Å²) in [6.45, 7) is 3.19. The van der Waals surface area contributed by atoms with E-state index in [4.69, 9.17) is 5.11 Å². The summed E-state index contributed by atoms with van der Waals surface area (Å²) in [5.74, 6) is -0.818. The van der Waals surface area contributed by atoms with Crippen molar-refractivity contribution < 1.29 is 14.7 Å². The highest BCUT2D eigenvalue weighted by Gasteiger charge is 2.26. The molecule has 1 heterocycles. The molecular weight excluding hydrogens is 256 g/mol. The number of hydrogen-bond donors (Lipinski definition) is 2. The fourth-order valence-electron chi connectivity index (χ4n) is 2.67. The van der Waals surface area contributed by atoms with Crippen LogP contribution in [0.5, 0.6) is 0 Å². The second-order valence-electron chi connectivity index (χ2n) is 5.24. The van der Waals surface area contributed by atoms with Crippen LogP contribution in [0.15, 0.2) is 24.3 Å². The van der Waals surface area contributed by atoms with Gasteiger partial charge in [0.2, 0.25) is 5.91 Å². The van der Waals surface area contributed by atoms with E-state index in [0.717, 1.165) is 37.2 Å². The summed E-state index contributed by atoms with van der Waals surface area (Å²) in [7, 11) is 0. The molecule has 2 N–H and O–H groups in total. The summed E-state index contributed by atoms with van der Waals surface area (Å²) in [5.41, 5.74) is 1.92. The lowest BCUT2D eigenvalue weighted by atomic mass is 10.1. The predicted molar refractivity (Wildman–Crippen MR) is 76.4 cm³/mol. The molecule has 0 aromatic heterocycles. The van der Waals surface area contributed by atoms with E-state index in [1.807, 2.05) is 24.3 Å². The van der Waals surface area contributed by atoms with Gasteiger partial charge in [-0.2, -0.15) is 0 Å². The Morgan fingerprint density at radius 1 is 1.35 bits per heavy atom. The standard InChI is InChI=1S/C15H20N2O3/c1-11(18)16-13-6-4-12(5-7-13)10-17-8-2-3-14(17)9-15(19)20/h4-7,14H,2-3,8-10H2,1H3,(H,16,18)(H,19,20). The van der Waals surface area contributed by atoms with Gasteiger partial charge in [-0.15, -0.1) is 0 Å². The molecule has 5 nitrogen and oxygen atoms in total. The average molecular weight is 276 g/mol. The minimum atomic E-state index is -0.733. The molecule has 1 aliphatic rings. The minimum absolute atomic E-state index is 0.0844. The van der Waals surface area contributed by atoms with Crippen LogP contribution in [0.3, 0.4) is 0 Å². The van der Waals surface area contributed by atoms with Crippen molar-refractivity contribution in [2.75, 3.05) is 11.9 Å². The number of nitrogens with zero attached hydrogens (tertiary/aromatic N) is 1. The smallest absolute Gasteiger partial charge is 0.304 e. The molecule has 1 aromatic rings. The molecule has 0 bridgehead atoms. The third kappa shape index (κ3) is 4.06. The van der Waals surface area contributed by atoms with Gasteiger partial charge in [-0.25, -0.2) is 0 Å². The summed E-state index contributed by atoms with van der Waals surface area (Å²) in [4.78, 5) is 24.0. The quantitative estimate of drug-likeness (QED) is 0.864. The van der Waals surface area contributed by atoms with Crippen molar-refractivity contribution in [2.45, 2.75) is 38.8 Å². The topological polar surface area (TPSA) is 69.6 Å². The monoisotopic (exact) mass is 276 g/mol. The molecule has 1 saturated heterocycles. The van der Waals surface area contributed by atoms with Crippen LogP contribution in [0.25, 0.3) is 0 Å². The Balaban J connectivity index is 1.95. The van der Waals surface area contributed by atoms with Crippen molar-refractivity contribution in [3.05, 3.63) is 29.8 Å². The Hall–Kier alpha value is -1.88. The van der Waals surface area contributed by atoms with E-state index in [1.54, 1.807) is 0 Å². The summed E-state index contributed by atoms with van der Waals surface area (Å²) in [6.07, 6.45) is 2.22. The molecule has 1 unspecified atom stereocenters. The second-order valence-corrected chi connectivity index (χ2v) is 5.24. The molecule has 0 saturated carbocycles. The van der Waals surface area contributed by atoms with Gasteiger partial charge >= 0.3 is 5.97 Å². The molecule has 2 rings (SSSR count). The van der Waals surface area contributed by atoms with Crippen LogP contribution in [-0.2, 0) is 16.1 Å². The number of hydrogen-bond acceptors (Lipinski definition) is 3. The maximum absolute atomic E-state index is 10.9. The van der Waals surface area contributed by atoms with Crippen LogP contribution < -0.4 is 5.32 Å². The van der Waals surface area contributed by atoms with Crippen LogP contribution in [0.4, 0.5) is 5.69 Å². The van der Waals surface area contributed by atoms with Gasteiger partial charge in [0.05, 0.1) is 6.42 Å².